The molecule has 1 fully saturated rings. The molecule has 3 N–H and O–H groups in total. The van der Waals surface area contributed by atoms with Crippen LogP contribution < -0.4 is 5.73 Å². The SMILES string of the molecule is NC(CO)COCC1CCOC1. The highest BCUT2D eigenvalue weighted by molar-refractivity contribution is 4.64. The van der Waals surface area contributed by atoms with E-state index in [9.17, 15) is 0 Å². The van der Waals surface area contributed by atoms with E-state index >= 15 is 0 Å². The molecule has 0 bridgehead atoms. The number of hydrogen-bond donors (Lipinski definition) is 2. The number of hydrogen-bond acceptors (Lipinski definition) is 4. The highest BCUT2D eigenvalue weighted by Gasteiger charge is 2.15. The van der Waals surface area contributed by atoms with Gasteiger partial charge in [-0.25, -0.2) is 0 Å². The molecule has 0 spiro atoms. The zero-order valence-electron chi connectivity index (χ0n) is 7.24. The van der Waals surface area contributed by atoms with Crippen LogP contribution in [0.3, 0.4) is 0 Å². The van der Waals surface area contributed by atoms with E-state index in [1.165, 1.54) is 0 Å². The molecule has 0 saturated carbocycles. The molecule has 0 amide bonds. The first kappa shape index (κ1) is 9.92. The van der Waals surface area contributed by atoms with Crippen LogP contribution in [0, 0.1) is 5.92 Å². The third kappa shape index (κ3) is 3.49. The van der Waals surface area contributed by atoms with Crippen LogP contribution in [0.2, 0.25) is 0 Å². The molecule has 72 valence electrons. The van der Waals surface area contributed by atoms with Crippen LogP contribution in [-0.4, -0.2) is 44.2 Å². The lowest BCUT2D eigenvalue weighted by molar-refractivity contribution is 0.0692. The molecule has 1 heterocycles. The van der Waals surface area contributed by atoms with Crippen molar-refractivity contribution in [2.24, 2.45) is 11.7 Å². The van der Waals surface area contributed by atoms with Gasteiger partial charge in [0.2, 0.25) is 0 Å². The maximum Gasteiger partial charge on any atom is 0.0640 e. The molecular formula is C8H17NO3. The Morgan fingerprint density at radius 1 is 1.67 bits per heavy atom. The molecule has 0 aromatic heterocycles. The van der Waals surface area contributed by atoms with Gasteiger partial charge in [0.15, 0.2) is 0 Å². The molecule has 12 heavy (non-hydrogen) atoms. The predicted octanol–water partition coefficient (Wildman–Crippen LogP) is -0.641. The van der Waals surface area contributed by atoms with Crippen LogP contribution >= 0.6 is 0 Å². The van der Waals surface area contributed by atoms with Crippen LogP contribution in [0.1, 0.15) is 6.42 Å². The Hall–Kier alpha value is -0.160. The summed E-state index contributed by atoms with van der Waals surface area (Å²) in [7, 11) is 0. The number of aliphatic hydroxyl groups is 1. The molecule has 2 atom stereocenters. The van der Waals surface area contributed by atoms with Gasteiger partial charge in [-0.15, -0.1) is 0 Å². The van der Waals surface area contributed by atoms with Gasteiger partial charge in [-0.05, 0) is 6.42 Å². The highest BCUT2D eigenvalue weighted by atomic mass is 16.5. The molecule has 0 aromatic carbocycles. The van der Waals surface area contributed by atoms with Gasteiger partial charge in [0.1, 0.15) is 0 Å². The predicted molar refractivity (Wildman–Crippen MR) is 44.8 cm³/mol. The van der Waals surface area contributed by atoms with E-state index < -0.39 is 0 Å². The van der Waals surface area contributed by atoms with Gasteiger partial charge in [-0.3, -0.25) is 0 Å². The Labute approximate surface area is 72.6 Å². The molecular weight excluding hydrogens is 158 g/mol. The number of ether oxygens (including phenoxy) is 2. The molecule has 2 unspecified atom stereocenters. The summed E-state index contributed by atoms with van der Waals surface area (Å²) in [6.07, 6.45) is 1.08. The summed E-state index contributed by atoms with van der Waals surface area (Å²) in [5, 5.41) is 8.60. The van der Waals surface area contributed by atoms with Gasteiger partial charge < -0.3 is 20.3 Å². The molecule has 1 rings (SSSR count). The molecule has 1 aliphatic rings. The van der Waals surface area contributed by atoms with Crippen molar-refractivity contribution in [2.75, 3.05) is 33.0 Å². The summed E-state index contributed by atoms with van der Waals surface area (Å²) in [6, 6.07) is -0.243. The molecule has 0 radical (unpaired) electrons. The summed E-state index contributed by atoms with van der Waals surface area (Å²) >= 11 is 0. The maximum absolute atomic E-state index is 8.60. The van der Waals surface area contributed by atoms with Crippen molar-refractivity contribution < 1.29 is 14.6 Å². The van der Waals surface area contributed by atoms with Crippen molar-refractivity contribution in [3.63, 3.8) is 0 Å². The first-order valence-electron chi connectivity index (χ1n) is 4.35. The maximum atomic E-state index is 8.60. The van der Waals surface area contributed by atoms with E-state index in [0.717, 1.165) is 19.6 Å². The van der Waals surface area contributed by atoms with Gasteiger partial charge in [0, 0.05) is 12.5 Å². The Kier molecular flexibility index (Phi) is 4.53. The van der Waals surface area contributed by atoms with Gasteiger partial charge in [0.05, 0.1) is 32.5 Å². The summed E-state index contributed by atoms with van der Waals surface area (Å²) in [5.74, 6) is 0.524. The second-order valence-corrected chi connectivity index (χ2v) is 3.21. The van der Waals surface area contributed by atoms with Crippen LogP contribution in [0.25, 0.3) is 0 Å². The third-order valence-electron chi connectivity index (χ3n) is 1.94. The van der Waals surface area contributed by atoms with E-state index in [2.05, 4.69) is 0 Å². The quantitative estimate of drug-likeness (QED) is 0.583. The minimum Gasteiger partial charge on any atom is -0.395 e. The Bertz CT molecular complexity index is 115. The smallest absolute Gasteiger partial charge is 0.0640 e. The third-order valence-corrected chi connectivity index (χ3v) is 1.94. The lowest BCUT2D eigenvalue weighted by Crippen LogP contribution is -2.30. The first-order valence-corrected chi connectivity index (χ1v) is 4.35. The topological polar surface area (TPSA) is 64.7 Å². The molecule has 4 nitrogen and oxygen atoms in total. The number of aliphatic hydroxyl groups excluding tert-OH is 1. The molecule has 4 heteroatoms. The zero-order chi connectivity index (χ0) is 8.81. The Morgan fingerprint density at radius 3 is 3.08 bits per heavy atom. The van der Waals surface area contributed by atoms with E-state index in [0.29, 0.717) is 19.1 Å². The minimum absolute atomic E-state index is 0.0127. The van der Waals surface area contributed by atoms with Crippen molar-refractivity contribution >= 4 is 0 Å². The fourth-order valence-corrected chi connectivity index (χ4v) is 1.15. The monoisotopic (exact) mass is 175 g/mol. The van der Waals surface area contributed by atoms with Gasteiger partial charge in [0.25, 0.3) is 0 Å². The fraction of sp³-hybridized carbons (Fsp3) is 1.00. The van der Waals surface area contributed by atoms with Gasteiger partial charge in [-0.2, -0.15) is 0 Å². The fourth-order valence-electron chi connectivity index (χ4n) is 1.15. The Morgan fingerprint density at radius 2 is 2.50 bits per heavy atom. The standard InChI is InChI=1S/C8H17NO3/c9-8(3-10)6-12-5-7-1-2-11-4-7/h7-8,10H,1-6,9H2. The van der Waals surface area contributed by atoms with Crippen LogP contribution in [0.5, 0.6) is 0 Å². The zero-order valence-corrected chi connectivity index (χ0v) is 7.24. The van der Waals surface area contributed by atoms with Crippen molar-refractivity contribution in [2.45, 2.75) is 12.5 Å². The summed E-state index contributed by atoms with van der Waals surface area (Å²) in [5.41, 5.74) is 5.45. The van der Waals surface area contributed by atoms with Crippen LogP contribution in [0.15, 0.2) is 0 Å². The van der Waals surface area contributed by atoms with Crippen molar-refractivity contribution in [3.8, 4) is 0 Å². The van der Waals surface area contributed by atoms with E-state index in [1.54, 1.807) is 0 Å². The van der Waals surface area contributed by atoms with Crippen LogP contribution in [-0.2, 0) is 9.47 Å². The largest absolute Gasteiger partial charge is 0.395 e. The molecule has 1 aliphatic heterocycles. The number of nitrogens with two attached hydrogens (primary N) is 1. The van der Waals surface area contributed by atoms with Gasteiger partial charge >= 0.3 is 0 Å². The molecule has 1 saturated heterocycles. The normalized spacial score (nSPS) is 26.0. The first-order chi connectivity index (χ1) is 5.83. The number of rotatable bonds is 5. The summed E-state index contributed by atoms with van der Waals surface area (Å²) < 4.78 is 10.5. The summed E-state index contributed by atoms with van der Waals surface area (Å²) in [6.45, 7) is 2.77. The highest BCUT2D eigenvalue weighted by Crippen LogP contribution is 2.11. The lowest BCUT2D eigenvalue weighted by Gasteiger charge is -2.11. The van der Waals surface area contributed by atoms with Crippen LogP contribution in [0.4, 0.5) is 0 Å². The summed E-state index contributed by atoms with van der Waals surface area (Å²) in [4.78, 5) is 0. The average molecular weight is 175 g/mol. The van der Waals surface area contributed by atoms with Gasteiger partial charge in [-0.1, -0.05) is 0 Å². The second kappa shape index (κ2) is 5.48. The van der Waals surface area contributed by atoms with Crippen molar-refractivity contribution in [1.29, 1.82) is 0 Å². The van der Waals surface area contributed by atoms with E-state index in [-0.39, 0.29) is 12.6 Å². The molecule has 0 aliphatic carbocycles. The molecule has 0 aromatic rings. The van der Waals surface area contributed by atoms with Crippen molar-refractivity contribution in [1.82, 2.24) is 0 Å². The van der Waals surface area contributed by atoms with E-state index in [4.69, 9.17) is 20.3 Å². The van der Waals surface area contributed by atoms with Crippen molar-refractivity contribution in [3.05, 3.63) is 0 Å². The average Bonchev–Trinajstić information content (AvgIpc) is 2.57. The van der Waals surface area contributed by atoms with E-state index in [1.807, 2.05) is 0 Å². The Balaban J connectivity index is 1.94. The lowest BCUT2D eigenvalue weighted by atomic mass is 10.1. The minimum atomic E-state index is -0.243. The second-order valence-electron chi connectivity index (χ2n) is 3.21.